The lowest BCUT2D eigenvalue weighted by molar-refractivity contribution is 0.0999. The summed E-state index contributed by atoms with van der Waals surface area (Å²) in [4.78, 5) is 11.4. The van der Waals surface area contributed by atoms with Gasteiger partial charge in [-0.15, -0.1) is 0 Å². The highest BCUT2D eigenvalue weighted by atomic mass is 32.2. The number of nitrogens with two attached hydrogens (primary N) is 1. The van der Waals surface area contributed by atoms with E-state index in [0.29, 0.717) is 18.5 Å². The third-order valence-electron chi connectivity index (χ3n) is 3.61. The second kappa shape index (κ2) is 5.51. The van der Waals surface area contributed by atoms with Crippen LogP contribution in [0, 0.1) is 6.92 Å². The molecule has 1 amide bonds. The molecule has 3 N–H and O–H groups in total. The Morgan fingerprint density at radius 2 is 2.20 bits per heavy atom. The number of amides is 1. The van der Waals surface area contributed by atoms with Gasteiger partial charge in [-0.2, -0.15) is 4.31 Å². The highest BCUT2D eigenvalue weighted by Gasteiger charge is 2.35. The van der Waals surface area contributed by atoms with E-state index in [0.717, 1.165) is 6.42 Å². The number of carbonyl (C=O) groups is 1. The Morgan fingerprint density at radius 3 is 2.80 bits per heavy atom. The van der Waals surface area contributed by atoms with E-state index in [1.54, 1.807) is 13.0 Å². The Hall–Kier alpha value is -1.44. The molecule has 110 valence electrons. The van der Waals surface area contributed by atoms with Gasteiger partial charge in [0, 0.05) is 18.2 Å². The van der Waals surface area contributed by atoms with Crippen LogP contribution in [0.5, 0.6) is 0 Å². The second-order valence-electron chi connectivity index (χ2n) is 4.94. The number of hydrogen-bond acceptors (Lipinski definition) is 4. The van der Waals surface area contributed by atoms with Gasteiger partial charge in [0.05, 0.1) is 11.5 Å². The molecule has 0 unspecified atom stereocenters. The van der Waals surface area contributed by atoms with Crippen molar-refractivity contribution < 1.29 is 18.3 Å². The van der Waals surface area contributed by atoms with Crippen LogP contribution in [0.4, 0.5) is 0 Å². The molecule has 1 aromatic carbocycles. The quantitative estimate of drug-likeness (QED) is 0.831. The van der Waals surface area contributed by atoms with Crippen LogP contribution in [-0.4, -0.2) is 42.9 Å². The summed E-state index contributed by atoms with van der Waals surface area (Å²) < 4.78 is 26.4. The predicted molar refractivity (Wildman–Crippen MR) is 73.7 cm³/mol. The summed E-state index contributed by atoms with van der Waals surface area (Å²) in [6.45, 7) is 1.88. The lowest BCUT2D eigenvalue weighted by Gasteiger charge is -2.22. The average Bonchev–Trinajstić information content (AvgIpc) is 2.87. The van der Waals surface area contributed by atoms with E-state index in [-0.39, 0.29) is 17.1 Å². The van der Waals surface area contributed by atoms with Crippen molar-refractivity contribution in [1.82, 2.24) is 4.31 Å². The van der Waals surface area contributed by atoms with Crippen molar-refractivity contribution in [3.05, 3.63) is 29.3 Å². The summed E-state index contributed by atoms with van der Waals surface area (Å²) in [5.41, 5.74) is 6.08. The normalized spacial score (nSPS) is 20.2. The molecule has 1 fully saturated rings. The minimum atomic E-state index is -3.71. The lowest BCUT2D eigenvalue weighted by atomic mass is 10.1. The first-order chi connectivity index (χ1) is 9.37. The van der Waals surface area contributed by atoms with Crippen LogP contribution in [0.1, 0.15) is 28.8 Å². The van der Waals surface area contributed by atoms with Crippen LogP contribution in [0.3, 0.4) is 0 Å². The molecule has 0 aliphatic carbocycles. The number of benzene rings is 1. The van der Waals surface area contributed by atoms with Crippen LogP contribution in [0.15, 0.2) is 23.1 Å². The Bertz CT molecular complexity index is 627. The Kier molecular flexibility index (Phi) is 4.12. The van der Waals surface area contributed by atoms with Crippen molar-refractivity contribution >= 4 is 15.9 Å². The van der Waals surface area contributed by atoms with Crippen molar-refractivity contribution in [3.8, 4) is 0 Å². The number of aryl methyl sites for hydroxylation is 1. The molecule has 0 bridgehead atoms. The van der Waals surface area contributed by atoms with Crippen LogP contribution < -0.4 is 5.73 Å². The standard InChI is InChI=1S/C13H18N2O4S/c1-9-4-5-11(7-12(9)13(14)17)20(18,19)15-6-2-3-10(15)8-16/h4-5,7,10,16H,2-3,6,8H2,1H3,(H2,14,17)/t10-/m1/s1. The number of rotatable bonds is 4. The van der Waals surface area contributed by atoms with Crippen molar-refractivity contribution in [1.29, 1.82) is 0 Å². The number of hydrogen-bond donors (Lipinski definition) is 2. The average molecular weight is 298 g/mol. The summed E-state index contributed by atoms with van der Waals surface area (Å²) in [6.07, 6.45) is 1.36. The van der Waals surface area contributed by atoms with Crippen LogP contribution in [-0.2, 0) is 10.0 Å². The third-order valence-corrected chi connectivity index (χ3v) is 5.56. The molecular weight excluding hydrogens is 280 g/mol. The number of primary amides is 1. The van der Waals surface area contributed by atoms with Crippen molar-refractivity contribution in [2.24, 2.45) is 5.73 Å². The number of carbonyl (C=O) groups excluding carboxylic acids is 1. The molecule has 1 aromatic rings. The molecule has 20 heavy (non-hydrogen) atoms. The smallest absolute Gasteiger partial charge is 0.249 e. The maximum absolute atomic E-state index is 12.6. The monoisotopic (exact) mass is 298 g/mol. The van der Waals surface area contributed by atoms with Gasteiger partial charge < -0.3 is 10.8 Å². The number of sulfonamides is 1. The molecule has 1 aliphatic rings. The first-order valence-electron chi connectivity index (χ1n) is 6.41. The lowest BCUT2D eigenvalue weighted by Crippen LogP contribution is -2.37. The van der Waals surface area contributed by atoms with E-state index < -0.39 is 22.0 Å². The molecule has 0 saturated carbocycles. The topological polar surface area (TPSA) is 101 Å². The molecule has 1 saturated heterocycles. The first-order valence-corrected chi connectivity index (χ1v) is 7.85. The summed E-state index contributed by atoms with van der Waals surface area (Å²) in [6, 6.07) is 3.94. The van der Waals surface area contributed by atoms with Crippen molar-refractivity contribution in [2.75, 3.05) is 13.2 Å². The summed E-state index contributed by atoms with van der Waals surface area (Å²) in [5.74, 6) is -0.653. The molecule has 0 radical (unpaired) electrons. The minimum absolute atomic E-state index is 0.0391. The predicted octanol–water partition coefficient (Wildman–Crippen LogP) is 0.239. The van der Waals surface area contributed by atoms with Crippen molar-refractivity contribution in [2.45, 2.75) is 30.7 Å². The molecular formula is C13H18N2O4S. The zero-order valence-corrected chi connectivity index (χ0v) is 12.1. The second-order valence-corrected chi connectivity index (χ2v) is 6.83. The number of nitrogens with zero attached hydrogens (tertiary/aromatic N) is 1. The Morgan fingerprint density at radius 1 is 1.50 bits per heavy atom. The van der Waals surface area contributed by atoms with E-state index in [1.165, 1.54) is 16.4 Å². The van der Waals surface area contributed by atoms with E-state index in [4.69, 9.17) is 5.73 Å². The first kappa shape index (κ1) is 15.0. The SMILES string of the molecule is Cc1ccc(S(=O)(=O)N2CCC[C@@H]2CO)cc1C(N)=O. The van der Waals surface area contributed by atoms with Gasteiger partial charge in [0.2, 0.25) is 15.9 Å². The molecule has 2 rings (SSSR count). The van der Waals surface area contributed by atoms with E-state index >= 15 is 0 Å². The van der Waals surface area contributed by atoms with Gasteiger partial charge in [0.1, 0.15) is 0 Å². The van der Waals surface area contributed by atoms with Gasteiger partial charge in [-0.1, -0.05) is 6.07 Å². The largest absolute Gasteiger partial charge is 0.395 e. The van der Waals surface area contributed by atoms with Gasteiger partial charge in [-0.3, -0.25) is 4.79 Å². The molecule has 0 aromatic heterocycles. The van der Waals surface area contributed by atoms with Crippen LogP contribution >= 0.6 is 0 Å². The number of aliphatic hydroxyl groups is 1. The van der Waals surface area contributed by atoms with Gasteiger partial charge >= 0.3 is 0 Å². The van der Waals surface area contributed by atoms with Crippen LogP contribution in [0.25, 0.3) is 0 Å². The fourth-order valence-corrected chi connectivity index (χ4v) is 4.18. The maximum Gasteiger partial charge on any atom is 0.249 e. The summed E-state index contributed by atoms with van der Waals surface area (Å²) >= 11 is 0. The summed E-state index contributed by atoms with van der Waals surface area (Å²) in [5, 5.41) is 9.25. The van der Waals surface area contributed by atoms with Gasteiger partial charge in [0.25, 0.3) is 0 Å². The fourth-order valence-electron chi connectivity index (χ4n) is 2.47. The molecule has 0 spiro atoms. The molecule has 1 aliphatic heterocycles. The zero-order valence-electron chi connectivity index (χ0n) is 11.2. The number of aliphatic hydroxyl groups excluding tert-OH is 1. The van der Waals surface area contributed by atoms with E-state index in [1.807, 2.05) is 0 Å². The maximum atomic E-state index is 12.6. The molecule has 6 nitrogen and oxygen atoms in total. The van der Waals surface area contributed by atoms with E-state index in [2.05, 4.69) is 0 Å². The summed E-state index contributed by atoms with van der Waals surface area (Å²) in [7, 11) is -3.71. The van der Waals surface area contributed by atoms with E-state index in [9.17, 15) is 18.3 Å². The van der Waals surface area contributed by atoms with Crippen LogP contribution in [0.2, 0.25) is 0 Å². The van der Waals surface area contributed by atoms with Crippen molar-refractivity contribution in [3.63, 3.8) is 0 Å². The molecule has 1 heterocycles. The Balaban J connectivity index is 2.44. The van der Waals surface area contributed by atoms with Gasteiger partial charge in [0.15, 0.2) is 0 Å². The Labute approximate surface area is 118 Å². The molecule has 7 heteroatoms. The zero-order chi connectivity index (χ0) is 14.9. The minimum Gasteiger partial charge on any atom is -0.395 e. The fraction of sp³-hybridized carbons (Fsp3) is 0.462. The molecule has 1 atom stereocenters. The van der Waals surface area contributed by atoms with Gasteiger partial charge in [-0.05, 0) is 37.5 Å². The third kappa shape index (κ3) is 2.56. The van der Waals surface area contributed by atoms with Gasteiger partial charge in [-0.25, -0.2) is 8.42 Å². The highest BCUT2D eigenvalue weighted by molar-refractivity contribution is 7.89. The highest BCUT2D eigenvalue weighted by Crippen LogP contribution is 2.26.